The topological polar surface area (TPSA) is 121 Å². The molecule has 0 atom stereocenters. The van der Waals surface area contributed by atoms with E-state index in [9.17, 15) is 23.6 Å². The van der Waals surface area contributed by atoms with Gasteiger partial charge in [-0.05, 0) is 77.7 Å². The number of aryl methyl sites for hydroxylation is 1. The van der Waals surface area contributed by atoms with Crippen LogP contribution in [0.4, 0.5) is 0 Å². The molecule has 0 aliphatic heterocycles. The predicted octanol–water partition coefficient (Wildman–Crippen LogP) is 7.95. The first-order valence-electron chi connectivity index (χ1n) is 16.0. The van der Waals surface area contributed by atoms with Gasteiger partial charge in [-0.1, -0.05) is 84.4 Å². The minimum Gasteiger partial charge on any atom is -0.493 e. The molecular weight excluding hydrogens is 670 g/mol. The molecule has 0 amide bonds. The van der Waals surface area contributed by atoms with Crippen molar-refractivity contribution in [1.82, 2.24) is 9.29 Å². The highest BCUT2D eigenvalue weighted by Crippen LogP contribution is 2.38. The zero-order chi connectivity index (χ0) is 35.3. The maximum atomic E-state index is 13.4. The third-order valence-electron chi connectivity index (χ3n) is 8.67. The van der Waals surface area contributed by atoms with E-state index in [-0.39, 0.29) is 35.2 Å². The monoisotopic (exact) mass is 703 g/mol. The van der Waals surface area contributed by atoms with Crippen LogP contribution in [0.3, 0.4) is 0 Å². The Balaban J connectivity index is 1.44. The van der Waals surface area contributed by atoms with Crippen LogP contribution in [0.2, 0.25) is 5.02 Å². The number of halogens is 1. The number of aromatic nitrogens is 1. The summed E-state index contributed by atoms with van der Waals surface area (Å²) in [5.41, 5.74) is 5.76. The number of fused-ring (bicyclic) bond motifs is 1. The van der Waals surface area contributed by atoms with Crippen molar-refractivity contribution in [2.45, 2.75) is 30.7 Å². The minimum atomic E-state index is -4.00. The van der Waals surface area contributed by atoms with Gasteiger partial charge >= 0.3 is 5.97 Å². The molecule has 0 bridgehead atoms. The molecule has 6 aromatic rings. The number of benzene rings is 5. The van der Waals surface area contributed by atoms with E-state index in [1.165, 1.54) is 18.2 Å². The van der Waals surface area contributed by atoms with E-state index in [1.807, 2.05) is 60.7 Å². The van der Waals surface area contributed by atoms with Crippen molar-refractivity contribution >= 4 is 38.5 Å². The van der Waals surface area contributed by atoms with Crippen LogP contribution >= 0.6 is 11.6 Å². The number of carbonyl (C=O) groups is 1. The Morgan fingerprint density at radius 3 is 2.20 bits per heavy atom. The van der Waals surface area contributed by atoms with Crippen LogP contribution in [0.15, 0.2) is 126 Å². The van der Waals surface area contributed by atoms with Gasteiger partial charge in [0.1, 0.15) is 11.8 Å². The molecule has 5 aromatic carbocycles. The summed E-state index contributed by atoms with van der Waals surface area (Å²) in [7, 11) is -4.00. The van der Waals surface area contributed by atoms with Crippen molar-refractivity contribution in [2.75, 3.05) is 13.2 Å². The summed E-state index contributed by atoms with van der Waals surface area (Å²) in [6.07, 6.45) is 0.775. The van der Waals surface area contributed by atoms with Gasteiger partial charge in [0.05, 0.1) is 28.7 Å². The molecule has 0 aliphatic carbocycles. The molecule has 0 fully saturated rings. The van der Waals surface area contributed by atoms with Crippen molar-refractivity contribution in [2.24, 2.45) is 0 Å². The van der Waals surface area contributed by atoms with E-state index in [0.29, 0.717) is 29.2 Å². The molecule has 0 unspecified atom stereocenters. The van der Waals surface area contributed by atoms with Crippen molar-refractivity contribution < 1.29 is 23.1 Å². The number of hydrogen-bond acceptors (Lipinski definition) is 5. The number of sulfonamides is 1. The molecule has 6 rings (SSSR count). The molecule has 10 heteroatoms. The first-order valence-corrected chi connectivity index (χ1v) is 17.9. The lowest BCUT2D eigenvalue weighted by Gasteiger charge is -2.25. The van der Waals surface area contributed by atoms with E-state index >= 15 is 0 Å². The normalized spacial score (nSPS) is 11.5. The number of rotatable bonds is 13. The highest BCUT2D eigenvalue weighted by Gasteiger charge is 2.26. The minimum absolute atomic E-state index is 0.0617. The lowest BCUT2D eigenvalue weighted by molar-refractivity contribution is 0.0696. The van der Waals surface area contributed by atoms with Crippen molar-refractivity contribution in [3.05, 3.63) is 165 Å². The molecule has 8 nitrogen and oxygen atoms in total. The number of carboxylic acid groups (broad SMARTS) is 1. The zero-order valence-corrected chi connectivity index (χ0v) is 28.8. The first-order chi connectivity index (χ1) is 24.2. The van der Waals surface area contributed by atoms with Crippen molar-refractivity contribution in [3.63, 3.8) is 0 Å². The largest absolute Gasteiger partial charge is 0.493 e. The van der Waals surface area contributed by atoms with E-state index in [2.05, 4.69) is 33.6 Å². The standard InChI is InChI=1S/C40H34ClN3O5S/c1-27-24-32(17-18-33(27)40(45)46)49-23-21-34-35-25-31(41)16-19-36(35)44(39(28-10-4-2-5-11-28)29-12-6-3-7-13-29)37(34)20-22-43-50(47,48)38-15-9-8-14-30(38)26-42/h2-19,24-25,39,43H,20-23H2,1H3,(H,45,46). The average molecular weight is 704 g/mol. The van der Waals surface area contributed by atoms with Crippen LogP contribution in [0.1, 0.15) is 49.9 Å². The zero-order valence-electron chi connectivity index (χ0n) is 27.2. The van der Waals surface area contributed by atoms with Crippen LogP contribution in [-0.4, -0.2) is 37.2 Å². The van der Waals surface area contributed by atoms with Crippen LogP contribution in [0.25, 0.3) is 10.9 Å². The molecule has 0 aliphatic rings. The summed E-state index contributed by atoms with van der Waals surface area (Å²) in [6, 6.07) is 38.8. The van der Waals surface area contributed by atoms with Crippen molar-refractivity contribution in [3.8, 4) is 11.8 Å². The van der Waals surface area contributed by atoms with Crippen molar-refractivity contribution in [1.29, 1.82) is 5.26 Å². The van der Waals surface area contributed by atoms with Gasteiger partial charge in [0.25, 0.3) is 0 Å². The Hall–Kier alpha value is -5.40. The molecule has 2 N–H and O–H groups in total. The maximum absolute atomic E-state index is 13.4. The van der Waals surface area contributed by atoms with Crippen LogP contribution in [-0.2, 0) is 22.9 Å². The fourth-order valence-corrected chi connectivity index (χ4v) is 7.78. The Labute approximate surface area is 296 Å². The number of nitriles is 1. The smallest absolute Gasteiger partial charge is 0.335 e. The summed E-state index contributed by atoms with van der Waals surface area (Å²) in [5, 5.41) is 20.5. The fourth-order valence-electron chi connectivity index (χ4n) is 6.42. The molecule has 0 spiro atoms. The highest BCUT2D eigenvalue weighted by molar-refractivity contribution is 7.89. The second-order valence-corrected chi connectivity index (χ2v) is 14.0. The Morgan fingerprint density at radius 2 is 1.56 bits per heavy atom. The summed E-state index contributed by atoms with van der Waals surface area (Å²) >= 11 is 6.61. The summed E-state index contributed by atoms with van der Waals surface area (Å²) < 4.78 is 38.0. The highest BCUT2D eigenvalue weighted by atomic mass is 35.5. The van der Waals surface area contributed by atoms with Crippen LogP contribution in [0.5, 0.6) is 5.75 Å². The van der Waals surface area contributed by atoms with Gasteiger partial charge in [-0.3, -0.25) is 0 Å². The Morgan fingerprint density at radius 1 is 0.900 bits per heavy atom. The fraction of sp³-hybridized carbons (Fsp3) is 0.150. The first kappa shape index (κ1) is 34.5. The number of aromatic carboxylic acids is 1. The van der Waals surface area contributed by atoms with E-state index in [0.717, 1.165) is 33.3 Å². The molecular formula is C40H34ClN3O5S. The molecule has 0 radical (unpaired) electrons. The van der Waals surface area contributed by atoms with Crippen LogP contribution < -0.4 is 9.46 Å². The van der Waals surface area contributed by atoms with Gasteiger partial charge in [-0.25, -0.2) is 17.9 Å². The molecule has 252 valence electrons. The molecule has 50 heavy (non-hydrogen) atoms. The maximum Gasteiger partial charge on any atom is 0.335 e. The number of nitrogens with one attached hydrogen (secondary N) is 1. The summed E-state index contributed by atoms with van der Waals surface area (Å²) in [6.45, 7) is 2.06. The SMILES string of the molecule is Cc1cc(OCCc2c(CCNS(=O)(=O)c3ccccc3C#N)n(C(c3ccccc3)c3ccccc3)c3ccc(Cl)cc23)ccc1C(=O)O. The van der Waals surface area contributed by atoms with Gasteiger partial charge in [-0.15, -0.1) is 0 Å². The third kappa shape index (κ3) is 7.28. The Kier molecular flexibility index (Phi) is 10.3. The van der Waals surface area contributed by atoms with Gasteiger partial charge in [0.2, 0.25) is 10.0 Å². The lowest BCUT2D eigenvalue weighted by atomic mass is 9.97. The number of ether oxygens (including phenoxy) is 1. The van der Waals surface area contributed by atoms with Gasteiger partial charge in [0.15, 0.2) is 0 Å². The second kappa shape index (κ2) is 15.0. The molecule has 0 saturated carbocycles. The van der Waals surface area contributed by atoms with E-state index < -0.39 is 16.0 Å². The molecule has 1 heterocycles. The lowest BCUT2D eigenvalue weighted by Crippen LogP contribution is -2.28. The predicted molar refractivity (Wildman–Crippen MR) is 194 cm³/mol. The van der Waals surface area contributed by atoms with Crippen LogP contribution in [0, 0.1) is 18.3 Å². The van der Waals surface area contributed by atoms with Gasteiger partial charge in [0, 0.05) is 41.0 Å². The summed E-state index contributed by atoms with van der Waals surface area (Å²) in [4.78, 5) is 11.5. The number of hydrogen-bond donors (Lipinski definition) is 2. The molecule has 0 saturated heterocycles. The second-order valence-electron chi connectivity index (χ2n) is 11.8. The summed E-state index contributed by atoms with van der Waals surface area (Å²) in [5.74, 6) is -0.451. The average Bonchev–Trinajstić information content (AvgIpc) is 3.40. The van der Waals surface area contributed by atoms with Gasteiger partial charge in [-0.2, -0.15) is 5.26 Å². The number of nitrogens with zero attached hydrogens (tertiary/aromatic N) is 2. The van der Waals surface area contributed by atoms with E-state index in [4.69, 9.17) is 16.3 Å². The Bertz CT molecular complexity index is 2280. The third-order valence-corrected chi connectivity index (χ3v) is 10.4. The van der Waals surface area contributed by atoms with Gasteiger partial charge < -0.3 is 14.4 Å². The molecule has 1 aromatic heterocycles. The quantitative estimate of drug-likeness (QED) is 0.126. The van der Waals surface area contributed by atoms with E-state index in [1.54, 1.807) is 31.2 Å². The number of carboxylic acids is 1.